The zero-order chi connectivity index (χ0) is 10.0. The molecule has 1 aliphatic rings. The Morgan fingerprint density at radius 3 is 2.62 bits per heavy atom. The number of amides is 2. The second-order valence-electron chi connectivity index (χ2n) is 3.36. The van der Waals surface area contributed by atoms with Crippen LogP contribution in [0.2, 0.25) is 0 Å². The third kappa shape index (κ3) is 2.18. The summed E-state index contributed by atoms with van der Waals surface area (Å²) in [6, 6.07) is -0.349. The number of piperazine rings is 1. The summed E-state index contributed by atoms with van der Waals surface area (Å²) in [4.78, 5) is 25.6. The van der Waals surface area contributed by atoms with Crippen LogP contribution in [0.25, 0.3) is 0 Å². The van der Waals surface area contributed by atoms with Crippen LogP contribution < -0.4 is 5.73 Å². The Morgan fingerprint density at radius 1 is 1.54 bits per heavy atom. The number of carbonyl (C=O) groups is 2. The molecule has 1 unspecified atom stereocenters. The zero-order valence-corrected chi connectivity index (χ0v) is 7.99. The van der Waals surface area contributed by atoms with Gasteiger partial charge in [0.1, 0.15) is 0 Å². The van der Waals surface area contributed by atoms with Gasteiger partial charge in [-0.1, -0.05) is 0 Å². The summed E-state index contributed by atoms with van der Waals surface area (Å²) in [5, 5.41) is 0. The van der Waals surface area contributed by atoms with Gasteiger partial charge in [-0.15, -0.1) is 0 Å². The van der Waals surface area contributed by atoms with Gasteiger partial charge in [0.05, 0.1) is 12.6 Å². The predicted octanol–water partition coefficient (Wildman–Crippen LogP) is -1.37. The molecule has 0 aromatic heterocycles. The summed E-state index contributed by atoms with van der Waals surface area (Å²) in [5.74, 6) is -0.336. The molecule has 1 saturated heterocycles. The first kappa shape index (κ1) is 9.98. The molecule has 5 nitrogen and oxygen atoms in total. The van der Waals surface area contributed by atoms with Crippen LogP contribution in [0.5, 0.6) is 0 Å². The molecule has 0 saturated carbocycles. The Bertz CT molecular complexity index is 229. The van der Waals surface area contributed by atoms with Crippen molar-refractivity contribution in [3.8, 4) is 0 Å². The average molecular weight is 185 g/mol. The molecule has 13 heavy (non-hydrogen) atoms. The van der Waals surface area contributed by atoms with Crippen LogP contribution in [-0.4, -0.2) is 54.3 Å². The van der Waals surface area contributed by atoms with Crippen molar-refractivity contribution in [2.45, 2.75) is 13.0 Å². The van der Waals surface area contributed by atoms with Crippen LogP contribution in [-0.2, 0) is 9.59 Å². The van der Waals surface area contributed by atoms with Crippen molar-refractivity contribution < 1.29 is 9.59 Å². The molecular weight excluding hydrogens is 170 g/mol. The van der Waals surface area contributed by atoms with Gasteiger partial charge in [0.2, 0.25) is 11.8 Å². The third-order valence-corrected chi connectivity index (χ3v) is 2.45. The van der Waals surface area contributed by atoms with E-state index < -0.39 is 0 Å². The summed E-state index contributed by atoms with van der Waals surface area (Å²) in [6.45, 7) is 3.39. The highest BCUT2D eigenvalue weighted by atomic mass is 16.2. The SMILES string of the molecule is CC(C(N)=O)N1CCN(C)C(=O)C1. The number of rotatable bonds is 2. The first-order chi connectivity index (χ1) is 6.02. The van der Waals surface area contributed by atoms with Crippen LogP contribution in [0.1, 0.15) is 6.92 Å². The number of nitrogens with two attached hydrogens (primary N) is 1. The lowest BCUT2D eigenvalue weighted by Crippen LogP contribution is -2.54. The molecule has 1 heterocycles. The van der Waals surface area contributed by atoms with Gasteiger partial charge in [-0.25, -0.2) is 0 Å². The van der Waals surface area contributed by atoms with Crippen molar-refractivity contribution in [2.75, 3.05) is 26.7 Å². The molecule has 74 valence electrons. The van der Waals surface area contributed by atoms with E-state index in [1.165, 1.54) is 0 Å². The van der Waals surface area contributed by atoms with Crippen LogP contribution >= 0.6 is 0 Å². The zero-order valence-electron chi connectivity index (χ0n) is 7.99. The fourth-order valence-corrected chi connectivity index (χ4v) is 1.29. The highest BCUT2D eigenvalue weighted by molar-refractivity contribution is 5.82. The Morgan fingerprint density at radius 2 is 2.15 bits per heavy atom. The average Bonchev–Trinajstić information content (AvgIpc) is 2.08. The van der Waals surface area contributed by atoms with Crippen LogP contribution in [0.3, 0.4) is 0 Å². The maximum absolute atomic E-state index is 11.3. The third-order valence-electron chi connectivity index (χ3n) is 2.45. The highest BCUT2D eigenvalue weighted by Gasteiger charge is 2.26. The number of hydrogen-bond acceptors (Lipinski definition) is 3. The maximum Gasteiger partial charge on any atom is 0.236 e. The fraction of sp³-hybridized carbons (Fsp3) is 0.750. The summed E-state index contributed by atoms with van der Waals surface area (Å²) in [6.07, 6.45) is 0. The van der Waals surface area contributed by atoms with Crippen LogP contribution in [0.4, 0.5) is 0 Å². The van der Waals surface area contributed by atoms with Gasteiger partial charge < -0.3 is 10.6 Å². The summed E-state index contributed by atoms with van der Waals surface area (Å²) >= 11 is 0. The predicted molar refractivity (Wildman–Crippen MR) is 47.9 cm³/mol. The number of hydrogen-bond donors (Lipinski definition) is 1. The van der Waals surface area contributed by atoms with Gasteiger partial charge in [0.15, 0.2) is 0 Å². The molecule has 2 N–H and O–H groups in total. The minimum atomic E-state index is -0.377. The molecule has 0 aromatic rings. The fourth-order valence-electron chi connectivity index (χ4n) is 1.29. The quantitative estimate of drug-likeness (QED) is 0.577. The Balaban J connectivity index is 2.55. The number of primary amides is 1. The summed E-state index contributed by atoms with van der Waals surface area (Å²) in [7, 11) is 1.76. The van der Waals surface area contributed by atoms with Crippen LogP contribution in [0, 0.1) is 0 Å². The van der Waals surface area contributed by atoms with E-state index in [1.54, 1.807) is 23.8 Å². The van der Waals surface area contributed by atoms with E-state index >= 15 is 0 Å². The Hall–Kier alpha value is -1.10. The van der Waals surface area contributed by atoms with Gasteiger partial charge in [-0.3, -0.25) is 14.5 Å². The molecule has 5 heteroatoms. The maximum atomic E-state index is 11.3. The molecule has 0 bridgehead atoms. The first-order valence-corrected chi connectivity index (χ1v) is 4.29. The molecule has 0 radical (unpaired) electrons. The summed E-state index contributed by atoms with van der Waals surface area (Å²) < 4.78 is 0. The largest absolute Gasteiger partial charge is 0.368 e. The van der Waals surface area contributed by atoms with Gasteiger partial charge in [-0.05, 0) is 6.92 Å². The normalized spacial score (nSPS) is 21.7. The minimum Gasteiger partial charge on any atom is -0.368 e. The molecule has 0 spiro atoms. The monoisotopic (exact) mass is 185 g/mol. The number of likely N-dealkylation sites (N-methyl/N-ethyl adjacent to an activating group) is 1. The lowest BCUT2D eigenvalue weighted by molar-refractivity contribution is -0.137. The molecule has 1 fully saturated rings. The van der Waals surface area contributed by atoms with Crippen molar-refractivity contribution in [1.82, 2.24) is 9.80 Å². The molecule has 1 rings (SSSR count). The van der Waals surface area contributed by atoms with E-state index in [0.717, 1.165) is 0 Å². The van der Waals surface area contributed by atoms with E-state index in [2.05, 4.69) is 0 Å². The number of nitrogens with zero attached hydrogens (tertiary/aromatic N) is 2. The second kappa shape index (κ2) is 3.74. The highest BCUT2D eigenvalue weighted by Crippen LogP contribution is 2.05. The molecule has 2 amide bonds. The lowest BCUT2D eigenvalue weighted by Gasteiger charge is -2.34. The van der Waals surface area contributed by atoms with Crippen molar-refractivity contribution in [1.29, 1.82) is 0 Å². The van der Waals surface area contributed by atoms with Crippen molar-refractivity contribution in [2.24, 2.45) is 5.73 Å². The Labute approximate surface area is 77.5 Å². The molecule has 1 atom stereocenters. The minimum absolute atomic E-state index is 0.0411. The molecule has 1 aliphatic heterocycles. The van der Waals surface area contributed by atoms with Crippen molar-refractivity contribution in [3.05, 3.63) is 0 Å². The molecule has 0 aliphatic carbocycles. The smallest absolute Gasteiger partial charge is 0.236 e. The van der Waals surface area contributed by atoms with Gasteiger partial charge in [0, 0.05) is 20.1 Å². The van der Waals surface area contributed by atoms with E-state index in [-0.39, 0.29) is 17.9 Å². The van der Waals surface area contributed by atoms with Gasteiger partial charge >= 0.3 is 0 Å². The van der Waals surface area contributed by atoms with Gasteiger partial charge in [-0.2, -0.15) is 0 Å². The molecule has 0 aromatic carbocycles. The van der Waals surface area contributed by atoms with E-state index in [1.807, 2.05) is 0 Å². The first-order valence-electron chi connectivity index (χ1n) is 4.29. The standard InChI is InChI=1S/C8H15N3O2/c1-6(8(9)13)11-4-3-10(2)7(12)5-11/h6H,3-5H2,1-2H3,(H2,9,13). The Kier molecular flexibility index (Phi) is 2.87. The molecular formula is C8H15N3O2. The topological polar surface area (TPSA) is 66.6 Å². The van der Waals surface area contributed by atoms with Crippen molar-refractivity contribution in [3.63, 3.8) is 0 Å². The number of carbonyl (C=O) groups excluding carboxylic acids is 2. The van der Waals surface area contributed by atoms with Crippen molar-refractivity contribution >= 4 is 11.8 Å². The lowest BCUT2D eigenvalue weighted by atomic mass is 10.2. The van der Waals surface area contributed by atoms with Crippen LogP contribution in [0.15, 0.2) is 0 Å². The van der Waals surface area contributed by atoms with E-state index in [9.17, 15) is 9.59 Å². The summed E-state index contributed by atoms with van der Waals surface area (Å²) in [5.41, 5.74) is 5.14. The van der Waals surface area contributed by atoms with Gasteiger partial charge in [0.25, 0.3) is 0 Å². The van der Waals surface area contributed by atoms with E-state index in [0.29, 0.717) is 19.6 Å². The van der Waals surface area contributed by atoms with E-state index in [4.69, 9.17) is 5.73 Å². The second-order valence-corrected chi connectivity index (χ2v) is 3.36.